The minimum atomic E-state index is -0.300. The molecule has 0 saturated carbocycles. The second kappa shape index (κ2) is 6.69. The highest BCUT2D eigenvalue weighted by Crippen LogP contribution is 2.03. The molecule has 1 heterocycles. The van der Waals surface area contributed by atoms with Crippen LogP contribution in [0.4, 0.5) is 10.5 Å². The number of anilines is 1. The molecule has 0 atom stereocenters. The monoisotopic (exact) mass is 286 g/mol. The average Bonchev–Trinajstić information content (AvgIpc) is 2.48. The molecule has 0 bridgehead atoms. The van der Waals surface area contributed by atoms with Gasteiger partial charge >= 0.3 is 6.03 Å². The fraction of sp³-hybridized carbons (Fsp3) is 0.267. The molecule has 2 rings (SSSR count). The van der Waals surface area contributed by atoms with E-state index in [1.807, 2.05) is 18.2 Å². The Morgan fingerprint density at radius 1 is 1.24 bits per heavy atom. The topological polar surface area (TPSA) is 76.0 Å². The van der Waals surface area contributed by atoms with Gasteiger partial charge in [0, 0.05) is 30.0 Å². The Morgan fingerprint density at radius 2 is 1.95 bits per heavy atom. The van der Waals surface area contributed by atoms with E-state index in [9.17, 15) is 9.59 Å². The summed E-state index contributed by atoms with van der Waals surface area (Å²) in [5.74, 6) is 0. The molecule has 2 amide bonds. The Hall–Kier alpha value is -2.63. The summed E-state index contributed by atoms with van der Waals surface area (Å²) in [6, 6.07) is 8.87. The molecule has 1 aromatic heterocycles. The van der Waals surface area contributed by atoms with Gasteiger partial charge in [0.2, 0.25) is 0 Å². The van der Waals surface area contributed by atoms with Crippen LogP contribution in [0.5, 0.6) is 0 Å². The number of nitrogens with zero attached hydrogens (tertiary/aromatic N) is 2. The third-order valence-corrected chi connectivity index (χ3v) is 3.19. The van der Waals surface area contributed by atoms with E-state index >= 15 is 0 Å². The number of carbonyl (C=O) groups is 1. The number of amides is 2. The van der Waals surface area contributed by atoms with E-state index in [4.69, 9.17) is 0 Å². The van der Waals surface area contributed by atoms with Crippen molar-refractivity contribution in [1.82, 2.24) is 14.9 Å². The fourth-order valence-corrected chi connectivity index (χ4v) is 1.82. The van der Waals surface area contributed by atoms with E-state index in [0.29, 0.717) is 18.7 Å². The van der Waals surface area contributed by atoms with Gasteiger partial charge in [-0.05, 0) is 26.0 Å². The van der Waals surface area contributed by atoms with Crippen LogP contribution in [0, 0.1) is 13.8 Å². The summed E-state index contributed by atoms with van der Waals surface area (Å²) < 4.78 is 1.49. The van der Waals surface area contributed by atoms with Crippen LogP contribution in [0.25, 0.3) is 0 Å². The van der Waals surface area contributed by atoms with Crippen LogP contribution in [0.3, 0.4) is 0 Å². The van der Waals surface area contributed by atoms with E-state index in [1.54, 1.807) is 26.0 Å². The predicted molar refractivity (Wildman–Crippen MR) is 81.4 cm³/mol. The lowest BCUT2D eigenvalue weighted by Crippen LogP contribution is -2.34. The number of para-hydroxylation sites is 1. The van der Waals surface area contributed by atoms with Gasteiger partial charge in [0.05, 0.1) is 6.33 Å². The summed E-state index contributed by atoms with van der Waals surface area (Å²) in [6.45, 7) is 4.28. The lowest BCUT2D eigenvalue weighted by atomic mass is 10.3. The van der Waals surface area contributed by atoms with Crippen LogP contribution >= 0.6 is 0 Å². The molecule has 0 aliphatic carbocycles. The second-order valence-corrected chi connectivity index (χ2v) is 4.70. The second-order valence-electron chi connectivity index (χ2n) is 4.70. The third kappa shape index (κ3) is 3.92. The Labute approximate surface area is 122 Å². The summed E-state index contributed by atoms with van der Waals surface area (Å²) in [4.78, 5) is 27.8. The van der Waals surface area contributed by atoms with Crippen LogP contribution in [-0.2, 0) is 6.54 Å². The van der Waals surface area contributed by atoms with Crippen molar-refractivity contribution < 1.29 is 4.79 Å². The van der Waals surface area contributed by atoms with Crippen LogP contribution in [-0.4, -0.2) is 22.1 Å². The smallest absolute Gasteiger partial charge is 0.319 e. The van der Waals surface area contributed by atoms with Gasteiger partial charge in [0.25, 0.3) is 5.56 Å². The van der Waals surface area contributed by atoms with Crippen molar-refractivity contribution in [3.63, 3.8) is 0 Å². The molecule has 6 nitrogen and oxygen atoms in total. The van der Waals surface area contributed by atoms with Crippen molar-refractivity contribution in [2.75, 3.05) is 11.9 Å². The summed E-state index contributed by atoms with van der Waals surface area (Å²) in [7, 11) is 0. The fourth-order valence-electron chi connectivity index (χ4n) is 1.82. The van der Waals surface area contributed by atoms with Crippen molar-refractivity contribution in [3.05, 3.63) is 58.3 Å². The Kier molecular flexibility index (Phi) is 4.71. The number of aryl methyl sites for hydroxylation is 1. The average molecular weight is 286 g/mol. The third-order valence-electron chi connectivity index (χ3n) is 3.19. The van der Waals surface area contributed by atoms with Gasteiger partial charge in [-0.1, -0.05) is 18.2 Å². The van der Waals surface area contributed by atoms with Gasteiger partial charge in [-0.3, -0.25) is 9.36 Å². The van der Waals surface area contributed by atoms with Crippen molar-refractivity contribution in [3.8, 4) is 0 Å². The van der Waals surface area contributed by atoms with Crippen molar-refractivity contribution >= 4 is 11.7 Å². The maximum atomic E-state index is 12.0. The van der Waals surface area contributed by atoms with Crippen molar-refractivity contribution in [2.45, 2.75) is 20.4 Å². The first-order chi connectivity index (χ1) is 10.1. The van der Waals surface area contributed by atoms with Gasteiger partial charge in [-0.15, -0.1) is 0 Å². The summed E-state index contributed by atoms with van der Waals surface area (Å²) in [5, 5.41) is 5.41. The number of carbonyl (C=O) groups excluding carboxylic acids is 1. The maximum absolute atomic E-state index is 12.0. The van der Waals surface area contributed by atoms with E-state index in [0.717, 1.165) is 11.4 Å². The Morgan fingerprint density at radius 3 is 2.67 bits per heavy atom. The van der Waals surface area contributed by atoms with Gasteiger partial charge < -0.3 is 10.6 Å². The lowest BCUT2D eigenvalue weighted by Gasteiger charge is -2.10. The molecule has 0 unspecified atom stereocenters. The molecule has 0 aliphatic heterocycles. The maximum Gasteiger partial charge on any atom is 0.319 e. The highest BCUT2D eigenvalue weighted by atomic mass is 16.2. The van der Waals surface area contributed by atoms with Crippen LogP contribution in [0.1, 0.15) is 11.3 Å². The molecule has 0 aliphatic rings. The normalized spacial score (nSPS) is 10.2. The molecule has 0 spiro atoms. The molecule has 0 saturated heterocycles. The summed E-state index contributed by atoms with van der Waals surface area (Å²) in [6.07, 6.45) is 1.50. The SMILES string of the molecule is Cc1ncn(CCNC(=O)Nc2ccccc2)c(=O)c1C. The molecular formula is C15H18N4O2. The largest absolute Gasteiger partial charge is 0.336 e. The first kappa shape index (κ1) is 14.8. The number of hydrogen-bond donors (Lipinski definition) is 2. The number of aromatic nitrogens is 2. The van der Waals surface area contributed by atoms with E-state index < -0.39 is 0 Å². The lowest BCUT2D eigenvalue weighted by molar-refractivity contribution is 0.251. The highest BCUT2D eigenvalue weighted by Gasteiger charge is 2.04. The van der Waals surface area contributed by atoms with E-state index in [1.165, 1.54) is 10.9 Å². The van der Waals surface area contributed by atoms with E-state index in [2.05, 4.69) is 15.6 Å². The number of rotatable bonds is 4. The molecular weight excluding hydrogens is 268 g/mol. The number of nitrogens with one attached hydrogen (secondary N) is 2. The molecule has 2 N–H and O–H groups in total. The van der Waals surface area contributed by atoms with Crippen molar-refractivity contribution in [1.29, 1.82) is 0 Å². The highest BCUT2D eigenvalue weighted by molar-refractivity contribution is 5.89. The van der Waals surface area contributed by atoms with Gasteiger partial charge in [0.15, 0.2) is 0 Å². The van der Waals surface area contributed by atoms with Crippen LogP contribution < -0.4 is 16.2 Å². The molecule has 0 radical (unpaired) electrons. The summed E-state index contributed by atoms with van der Waals surface area (Å²) in [5.41, 5.74) is 2.00. The van der Waals surface area contributed by atoms with E-state index in [-0.39, 0.29) is 11.6 Å². The first-order valence-corrected chi connectivity index (χ1v) is 6.70. The van der Waals surface area contributed by atoms with Gasteiger partial charge in [0.1, 0.15) is 0 Å². The van der Waals surface area contributed by atoms with Crippen LogP contribution in [0.15, 0.2) is 41.5 Å². The minimum absolute atomic E-state index is 0.0761. The van der Waals surface area contributed by atoms with Crippen molar-refractivity contribution in [2.24, 2.45) is 0 Å². The zero-order valence-corrected chi connectivity index (χ0v) is 12.1. The molecule has 2 aromatic rings. The Balaban J connectivity index is 1.86. The van der Waals surface area contributed by atoms with Crippen LogP contribution in [0.2, 0.25) is 0 Å². The Bertz CT molecular complexity index is 680. The number of urea groups is 1. The quantitative estimate of drug-likeness (QED) is 0.898. The number of benzene rings is 1. The number of hydrogen-bond acceptors (Lipinski definition) is 3. The minimum Gasteiger partial charge on any atom is -0.336 e. The molecule has 110 valence electrons. The molecule has 6 heteroatoms. The van der Waals surface area contributed by atoms with Gasteiger partial charge in [-0.2, -0.15) is 0 Å². The first-order valence-electron chi connectivity index (χ1n) is 6.70. The summed E-state index contributed by atoms with van der Waals surface area (Å²) >= 11 is 0. The zero-order chi connectivity index (χ0) is 15.2. The van der Waals surface area contributed by atoms with Gasteiger partial charge in [-0.25, -0.2) is 9.78 Å². The molecule has 0 fully saturated rings. The zero-order valence-electron chi connectivity index (χ0n) is 12.1. The molecule has 21 heavy (non-hydrogen) atoms. The predicted octanol–water partition coefficient (Wildman–Crippen LogP) is 1.68. The standard InChI is InChI=1S/C15H18N4O2/c1-11-12(2)17-10-19(14(11)20)9-8-16-15(21)18-13-6-4-3-5-7-13/h3-7,10H,8-9H2,1-2H3,(H2,16,18,21). The molecule has 1 aromatic carbocycles.